The van der Waals surface area contributed by atoms with Crippen LogP contribution in [0, 0.1) is 0 Å². The quantitative estimate of drug-likeness (QED) is 0.768. The minimum Gasteiger partial charge on any atom is -0.447 e. The lowest BCUT2D eigenvalue weighted by Crippen LogP contribution is -2.37. The highest BCUT2D eigenvalue weighted by molar-refractivity contribution is 6.02. The number of amides is 1. The first kappa shape index (κ1) is 15.2. The van der Waals surface area contributed by atoms with Crippen molar-refractivity contribution in [3.8, 4) is 5.82 Å². The van der Waals surface area contributed by atoms with Gasteiger partial charge in [-0.15, -0.1) is 0 Å². The molecule has 0 radical (unpaired) electrons. The molecule has 2 aliphatic rings. The first-order valence-corrected chi connectivity index (χ1v) is 8.60. The number of nitrogens with one attached hydrogen (secondary N) is 1. The van der Waals surface area contributed by atoms with Crippen molar-refractivity contribution in [2.45, 2.75) is 0 Å². The summed E-state index contributed by atoms with van der Waals surface area (Å²) in [5, 5.41) is 7.89. The molecule has 0 bridgehead atoms. The number of anilines is 2. The molecule has 3 aromatic rings. The second-order valence-electron chi connectivity index (χ2n) is 6.23. The van der Waals surface area contributed by atoms with Gasteiger partial charge in [-0.25, -0.2) is 9.78 Å². The van der Waals surface area contributed by atoms with E-state index in [4.69, 9.17) is 14.5 Å². The summed E-state index contributed by atoms with van der Waals surface area (Å²) >= 11 is 0. The number of carbonyl (C=O) groups is 1. The number of pyridine rings is 1. The summed E-state index contributed by atoms with van der Waals surface area (Å²) in [5.41, 5.74) is 1.59. The molecular weight excluding hydrogens is 336 g/mol. The van der Waals surface area contributed by atoms with E-state index in [2.05, 4.69) is 15.1 Å². The summed E-state index contributed by atoms with van der Waals surface area (Å²) in [4.78, 5) is 20.9. The second kappa shape index (κ2) is 6.03. The van der Waals surface area contributed by atoms with Crippen molar-refractivity contribution in [3.63, 3.8) is 0 Å². The van der Waals surface area contributed by atoms with Crippen molar-refractivity contribution in [2.24, 2.45) is 0 Å². The number of morpholine rings is 1. The number of rotatable bonds is 3. The molecule has 1 N–H and O–H groups in total. The lowest BCUT2D eigenvalue weighted by atomic mass is 10.2. The number of aromatic amines is 1. The number of ether oxygens (including phenoxy) is 2. The van der Waals surface area contributed by atoms with Crippen molar-refractivity contribution < 1.29 is 14.3 Å². The summed E-state index contributed by atoms with van der Waals surface area (Å²) in [6.45, 7) is 3.82. The predicted molar refractivity (Wildman–Crippen MR) is 94.9 cm³/mol. The van der Waals surface area contributed by atoms with Crippen LogP contribution in [-0.4, -0.2) is 65.3 Å². The Morgan fingerprint density at radius 1 is 1.12 bits per heavy atom. The first-order chi connectivity index (χ1) is 12.8. The molecule has 9 heteroatoms. The van der Waals surface area contributed by atoms with Crippen LogP contribution in [0.3, 0.4) is 0 Å². The smallest absolute Gasteiger partial charge is 0.414 e. The molecule has 134 valence electrons. The van der Waals surface area contributed by atoms with Crippen molar-refractivity contribution in [3.05, 3.63) is 30.6 Å². The monoisotopic (exact) mass is 354 g/mol. The highest BCUT2D eigenvalue weighted by Crippen LogP contribution is 2.33. The minimum atomic E-state index is -0.320. The van der Waals surface area contributed by atoms with E-state index in [0.717, 1.165) is 41.4 Å². The van der Waals surface area contributed by atoms with Crippen LogP contribution >= 0.6 is 0 Å². The number of hydrogen-bond donors (Lipinski definition) is 1. The molecule has 2 aliphatic heterocycles. The number of H-pyrrole nitrogens is 1. The van der Waals surface area contributed by atoms with Gasteiger partial charge in [0.25, 0.3) is 0 Å². The standard InChI is InChI=1S/C17H18N6O3/c24-17-22(7-10-26-17)13-11-15(21-5-8-25-9-6-21)19-16-12(13)2-4-23(16)14-1-3-18-20-14/h1-4,11H,5-10H2,(H,18,20). The van der Waals surface area contributed by atoms with E-state index in [1.54, 1.807) is 11.1 Å². The molecule has 5 heterocycles. The maximum absolute atomic E-state index is 12.2. The predicted octanol–water partition coefficient (Wildman–Crippen LogP) is 1.54. The molecule has 5 rings (SSSR count). The normalized spacial score (nSPS) is 17.9. The average Bonchev–Trinajstić information content (AvgIpc) is 3.41. The lowest BCUT2D eigenvalue weighted by molar-refractivity contribution is 0.122. The topological polar surface area (TPSA) is 88.5 Å². The Balaban J connectivity index is 1.69. The Labute approximate surface area is 149 Å². The van der Waals surface area contributed by atoms with E-state index in [-0.39, 0.29) is 6.09 Å². The molecule has 2 fully saturated rings. The summed E-state index contributed by atoms with van der Waals surface area (Å²) < 4.78 is 12.5. The Morgan fingerprint density at radius 2 is 2.00 bits per heavy atom. The molecule has 0 atom stereocenters. The third kappa shape index (κ3) is 2.39. The number of nitrogens with zero attached hydrogens (tertiary/aromatic N) is 5. The van der Waals surface area contributed by atoms with E-state index in [9.17, 15) is 4.79 Å². The van der Waals surface area contributed by atoms with Gasteiger partial charge in [-0.05, 0) is 6.07 Å². The Hall–Kier alpha value is -3.07. The van der Waals surface area contributed by atoms with Gasteiger partial charge in [0.15, 0.2) is 0 Å². The van der Waals surface area contributed by atoms with Crippen LogP contribution in [0.1, 0.15) is 0 Å². The Kier molecular flexibility index (Phi) is 3.52. The molecule has 0 unspecified atom stereocenters. The number of aromatic nitrogens is 4. The van der Waals surface area contributed by atoms with Crippen LogP contribution in [0.4, 0.5) is 16.3 Å². The highest BCUT2D eigenvalue weighted by atomic mass is 16.6. The summed E-state index contributed by atoms with van der Waals surface area (Å²) in [6, 6.07) is 5.82. The second-order valence-corrected chi connectivity index (χ2v) is 6.23. The van der Waals surface area contributed by atoms with E-state index in [1.807, 2.05) is 29.0 Å². The zero-order chi connectivity index (χ0) is 17.5. The third-order valence-corrected chi connectivity index (χ3v) is 4.75. The summed E-state index contributed by atoms with van der Waals surface area (Å²) in [7, 11) is 0. The third-order valence-electron chi connectivity index (χ3n) is 4.75. The van der Waals surface area contributed by atoms with Crippen LogP contribution in [-0.2, 0) is 9.47 Å². The first-order valence-electron chi connectivity index (χ1n) is 8.60. The van der Waals surface area contributed by atoms with Gasteiger partial charge >= 0.3 is 6.09 Å². The van der Waals surface area contributed by atoms with Crippen molar-refractivity contribution in [2.75, 3.05) is 49.3 Å². The van der Waals surface area contributed by atoms with E-state index < -0.39 is 0 Å². The van der Waals surface area contributed by atoms with Gasteiger partial charge in [0.1, 0.15) is 23.9 Å². The molecule has 0 aliphatic carbocycles. The molecule has 3 aromatic heterocycles. The maximum atomic E-state index is 12.2. The van der Waals surface area contributed by atoms with Gasteiger partial charge in [-0.2, -0.15) is 5.10 Å². The van der Waals surface area contributed by atoms with Gasteiger partial charge in [0, 0.05) is 36.8 Å². The van der Waals surface area contributed by atoms with Gasteiger partial charge < -0.3 is 14.4 Å². The van der Waals surface area contributed by atoms with Crippen LogP contribution in [0.25, 0.3) is 16.9 Å². The summed E-state index contributed by atoms with van der Waals surface area (Å²) in [6.07, 6.45) is 3.31. The molecule has 0 saturated carbocycles. The number of carbonyl (C=O) groups excluding carboxylic acids is 1. The molecule has 2 saturated heterocycles. The van der Waals surface area contributed by atoms with Gasteiger partial charge in [-0.3, -0.25) is 14.6 Å². The van der Waals surface area contributed by atoms with Crippen molar-refractivity contribution in [1.29, 1.82) is 0 Å². The fourth-order valence-electron chi connectivity index (χ4n) is 3.45. The van der Waals surface area contributed by atoms with Crippen molar-refractivity contribution in [1.82, 2.24) is 19.7 Å². The van der Waals surface area contributed by atoms with Crippen LogP contribution in [0.5, 0.6) is 0 Å². The fraction of sp³-hybridized carbons (Fsp3) is 0.353. The zero-order valence-corrected chi connectivity index (χ0v) is 14.1. The minimum absolute atomic E-state index is 0.320. The molecule has 0 spiro atoms. The van der Waals surface area contributed by atoms with E-state index >= 15 is 0 Å². The molecular formula is C17H18N6O3. The molecule has 0 aromatic carbocycles. The van der Waals surface area contributed by atoms with E-state index in [1.165, 1.54) is 0 Å². The number of cyclic esters (lactones) is 1. The number of fused-ring (bicyclic) bond motifs is 1. The zero-order valence-electron chi connectivity index (χ0n) is 14.1. The number of hydrogen-bond acceptors (Lipinski definition) is 6. The maximum Gasteiger partial charge on any atom is 0.414 e. The molecule has 26 heavy (non-hydrogen) atoms. The average molecular weight is 354 g/mol. The van der Waals surface area contributed by atoms with Gasteiger partial charge in [0.2, 0.25) is 0 Å². The van der Waals surface area contributed by atoms with Crippen LogP contribution < -0.4 is 9.80 Å². The van der Waals surface area contributed by atoms with E-state index in [0.29, 0.717) is 26.4 Å². The summed E-state index contributed by atoms with van der Waals surface area (Å²) in [5.74, 6) is 1.65. The molecule has 1 amide bonds. The van der Waals surface area contributed by atoms with Gasteiger partial charge in [0.05, 0.1) is 31.6 Å². The van der Waals surface area contributed by atoms with Crippen LogP contribution in [0.15, 0.2) is 30.6 Å². The molecule has 9 nitrogen and oxygen atoms in total. The Bertz CT molecular complexity index is 945. The lowest BCUT2D eigenvalue weighted by Gasteiger charge is -2.29. The largest absolute Gasteiger partial charge is 0.447 e. The Morgan fingerprint density at radius 3 is 2.73 bits per heavy atom. The fourth-order valence-corrected chi connectivity index (χ4v) is 3.45. The highest BCUT2D eigenvalue weighted by Gasteiger charge is 2.28. The van der Waals surface area contributed by atoms with Crippen LogP contribution in [0.2, 0.25) is 0 Å². The van der Waals surface area contributed by atoms with Crippen molar-refractivity contribution >= 4 is 28.6 Å². The van der Waals surface area contributed by atoms with Gasteiger partial charge in [-0.1, -0.05) is 0 Å². The SMILES string of the molecule is O=C1OCCN1c1cc(N2CCOCC2)nc2c1ccn2-c1ccn[nH]1.